The van der Waals surface area contributed by atoms with Gasteiger partial charge in [0.2, 0.25) is 0 Å². The summed E-state index contributed by atoms with van der Waals surface area (Å²) >= 11 is 0. The first-order chi connectivity index (χ1) is 15.3. The second-order valence-corrected chi connectivity index (χ2v) is 8.23. The lowest BCUT2D eigenvalue weighted by atomic mass is 10.1. The first-order valence-corrected chi connectivity index (χ1v) is 11.8. The van der Waals surface area contributed by atoms with Crippen molar-refractivity contribution in [3.63, 3.8) is 0 Å². The van der Waals surface area contributed by atoms with Crippen LogP contribution in [0.15, 0.2) is 29.3 Å². The lowest BCUT2D eigenvalue weighted by Gasteiger charge is -2.34. The van der Waals surface area contributed by atoms with Gasteiger partial charge in [-0.1, -0.05) is 24.3 Å². The van der Waals surface area contributed by atoms with Crippen molar-refractivity contribution in [3.8, 4) is 0 Å². The maximum absolute atomic E-state index is 6.01. The first kappa shape index (κ1) is 27.3. The highest BCUT2D eigenvalue weighted by Crippen LogP contribution is 2.17. The molecule has 2 heterocycles. The van der Waals surface area contributed by atoms with Gasteiger partial charge in [0.25, 0.3) is 0 Å². The number of hydrogen-bond donors (Lipinski definition) is 1. The first-order valence-electron chi connectivity index (χ1n) is 11.8. The molecule has 0 aliphatic carbocycles. The fourth-order valence-electron chi connectivity index (χ4n) is 4.14. The van der Waals surface area contributed by atoms with Gasteiger partial charge in [-0.2, -0.15) is 0 Å². The molecule has 7 nitrogen and oxygen atoms in total. The Kier molecular flexibility index (Phi) is 13.5. The van der Waals surface area contributed by atoms with Crippen molar-refractivity contribution in [2.45, 2.75) is 45.4 Å². The molecule has 1 N–H and O–H groups in total. The highest BCUT2D eigenvalue weighted by Gasteiger charge is 2.22. The molecule has 0 spiro atoms. The van der Waals surface area contributed by atoms with E-state index in [4.69, 9.17) is 19.2 Å². The Morgan fingerprint density at radius 2 is 1.81 bits per heavy atom. The smallest absolute Gasteiger partial charge is 0.194 e. The van der Waals surface area contributed by atoms with Crippen LogP contribution in [0.2, 0.25) is 0 Å². The Morgan fingerprint density at radius 3 is 2.50 bits per heavy atom. The van der Waals surface area contributed by atoms with Crippen LogP contribution in [0, 0.1) is 0 Å². The summed E-state index contributed by atoms with van der Waals surface area (Å²) < 4.78 is 16.6. The highest BCUT2D eigenvalue weighted by atomic mass is 127. The predicted octanol–water partition coefficient (Wildman–Crippen LogP) is 3.12. The van der Waals surface area contributed by atoms with Gasteiger partial charge >= 0.3 is 0 Å². The van der Waals surface area contributed by atoms with Crippen molar-refractivity contribution in [1.29, 1.82) is 0 Å². The van der Waals surface area contributed by atoms with Crippen molar-refractivity contribution in [2.24, 2.45) is 4.99 Å². The quantitative estimate of drug-likeness (QED) is 0.206. The van der Waals surface area contributed by atoms with Crippen LogP contribution in [0.5, 0.6) is 0 Å². The molecule has 2 aliphatic rings. The summed E-state index contributed by atoms with van der Waals surface area (Å²) in [6.45, 7) is 11.9. The summed E-state index contributed by atoms with van der Waals surface area (Å²) in [5.41, 5.74) is 2.67. The molecule has 182 valence electrons. The van der Waals surface area contributed by atoms with Crippen molar-refractivity contribution in [3.05, 3.63) is 35.4 Å². The summed E-state index contributed by atoms with van der Waals surface area (Å²) in [7, 11) is 1.74. The van der Waals surface area contributed by atoms with E-state index in [0.717, 1.165) is 90.9 Å². The van der Waals surface area contributed by atoms with Crippen molar-refractivity contribution in [2.75, 3.05) is 66.3 Å². The number of ether oxygens (including phenoxy) is 3. The third-order valence-corrected chi connectivity index (χ3v) is 5.94. The second-order valence-electron chi connectivity index (χ2n) is 8.23. The number of aliphatic imine (C=N–C) groups is 1. The van der Waals surface area contributed by atoms with E-state index in [2.05, 4.69) is 46.3 Å². The number of morpholine rings is 1. The van der Waals surface area contributed by atoms with Gasteiger partial charge < -0.3 is 24.4 Å². The third kappa shape index (κ3) is 9.13. The van der Waals surface area contributed by atoms with E-state index >= 15 is 0 Å². The van der Waals surface area contributed by atoms with E-state index in [-0.39, 0.29) is 24.0 Å². The molecule has 0 bridgehead atoms. The number of nitrogens with one attached hydrogen (secondary N) is 1. The zero-order valence-corrected chi connectivity index (χ0v) is 22.1. The molecule has 0 amide bonds. The number of guanidine groups is 1. The van der Waals surface area contributed by atoms with E-state index < -0.39 is 0 Å². The van der Waals surface area contributed by atoms with Crippen LogP contribution in [-0.2, 0) is 27.3 Å². The van der Waals surface area contributed by atoms with E-state index in [1.807, 2.05) is 0 Å². The van der Waals surface area contributed by atoms with Crippen LogP contribution < -0.4 is 5.32 Å². The number of rotatable bonds is 10. The number of halogens is 1. The molecule has 0 unspecified atom stereocenters. The third-order valence-electron chi connectivity index (χ3n) is 5.94. The van der Waals surface area contributed by atoms with Gasteiger partial charge in [0.1, 0.15) is 0 Å². The molecule has 0 aromatic heterocycles. The summed E-state index contributed by atoms with van der Waals surface area (Å²) in [5, 5.41) is 3.49. The van der Waals surface area contributed by atoms with Gasteiger partial charge in [-0.05, 0) is 37.3 Å². The van der Waals surface area contributed by atoms with Crippen molar-refractivity contribution >= 4 is 29.9 Å². The van der Waals surface area contributed by atoms with Crippen molar-refractivity contribution in [1.82, 2.24) is 15.1 Å². The zero-order chi connectivity index (χ0) is 21.7. The van der Waals surface area contributed by atoms with Gasteiger partial charge in [-0.3, -0.25) is 4.90 Å². The fourth-order valence-corrected chi connectivity index (χ4v) is 4.14. The molecule has 8 heteroatoms. The normalized spacial score (nSPS) is 18.4. The lowest BCUT2D eigenvalue weighted by Crippen LogP contribution is -2.47. The number of piperidine rings is 1. The van der Waals surface area contributed by atoms with Gasteiger partial charge in [-0.15, -0.1) is 24.0 Å². The van der Waals surface area contributed by atoms with Crippen LogP contribution in [0.4, 0.5) is 0 Å². The number of benzene rings is 1. The molecule has 0 atom stereocenters. The summed E-state index contributed by atoms with van der Waals surface area (Å²) in [6, 6.07) is 8.70. The summed E-state index contributed by atoms with van der Waals surface area (Å²) in [4.78, 5) is 9.85. The Bertz CT molecular complexity index is 662. The average Bonchev–Trinajstić information content (AvgIpc) is 2.81. The van der Waals surface area contributed by atoms with Crippen LogP contribution in [0.25, 0.3) is 0 Å². The highest BCUT2D eigenvalue weighted by molar-refractivity contribution is 14.0. The standard InChI is InChI=1S/C24H40N4O3.HI/c1-3-25-24(28-11-9-23(10-12-28)31-16-6-15-29-2)26-19-21-7-4-5-8-22(21)20-27-13-17-30-18-14-27;/h4-5,7-8,23H,3,6,9-20H2,1-2H3,(H,25,26);1H. The van der Waals surface area contributed by atoms with Crippen molar-refractivity contribution < 1.29 is 14.2 Å². The van der Waals surface area contributed by atoms with E-state index in [0.29, 0.717) is 12.6 Å². The Labute approximate surface area is 210 Å². The van der Waals surface area contributed by atoms with Crippen LogP contribution in [0.3, 0.4) is 0 Å². The largest absolute Gasteiger partial charge is 0.385 e. The summed E-state index contributed by atoms with van der Waals surface area (Å²) in [6.07, 6.45) is 3.41. The minimum atomic E-state index is 0. The second kappa shape index (κ2) is 15.8. The van der Waals surface area contributed by atoms with Gasteiger partial charge in [0.15, 0.2) is 5.96 Å². The minimum absolute atomic E-state index is 0. The molecule has 1 aromatic rings. The lowest BCUT2D eigenvalue weighted by molar-refractivity contribution is 0.00990. The maximum Gasteiger partial charge on any atom is 0.194 e. The SMILES string of the molecule is CCNC(=NCc1ccccc1CN1CCOCC1)N1CCC(OCCCOC)CC1.I. The molecule has 0 radical (unpaired) electrons. The van der Waals surface area contributed by atoms with E-state index in [1.165, 1.54) is 11.1 Å². The predicted molar refractivity (Wildman–Crippen MR) is 140 cm³/mol. The topological polar surface area (TPSA) is 58.6 Å². The maximum atomic E-state index is 6.01. The number of hydrogen-bond acceptors (Lipinski definition) is 5. The van der Waals surface area contributed by atoms with Crippen LogP contribution >= 0.6 is 24.0 Å². The minimum Gasteiger partial charge on any atom is -0.385 e. The Hall–Kier alpha value is -0.940. The molecule has 2 aliphatic heterocycles. The van der Waals surface area contributed by atoms with Gasteiger partial charge in [0, 0.05) is 59.6 Å². The molecule has 2 saturated heterocycles. The van der Waals surface area contributed by atoms with E-state index in [1.54, 1.807) is 7.11 Å². The van der Waals surface area contributed by atoms with Gasteiger partial charge in [0.05, 0.1) is 25.9 Å². The molecule has 1 aromatic carbocycles. The molecule has 32 heavy (non-hydrogen) atoms. The monoisotopic (exact) mass is 560 g/mol. The van der Waals surface area contributed by atoms with E-state index in [9.17, 15) is 0 Å². The molecule has 0 saturated carbocycles. The number of likely N-dealkylation sites (tertiary alicyclic amines) is 1. The van der Waals surface area contributed by atoms with Crippen LogP contribution in [-0.4, -0.2) is 88.1 Å². The fraction of sp³-hybridized carbons (Fsp3) is 0.708. The molecular formula is C24H41IN4O3. The average molecular weight is 561 g/mol. The van der Waals surface area contributed by atoms with Crippen LogP contribution in [0.1, 0.15) is 37.3 Å². The molecular weight excluding hydrogens is 519 g/mol. The number of nitrogens with zero attached hydrogens (tertiary/aromatic N) is 3. The number of methoxy groups -OCH3 is 1. The molecule has 3 rings (SSSR count). The Morgan fingerprint density at radius 1 is 1.09 bits per heavy atom. The zero-order valence-electron chi connectivity index (χ0n) is 19.8. The summed E-state index contributed by atoms with van der Waals surface area (Å²) in [5.74, 6) is 1.02. The van der Waals surface area contributed by atoms with Gasteiger partial charge in [-0.25, -0.2) is 4.99 Å². The molecule has 2 fully saturated rings. The Balaban J connectivity index is 0.00000363.